The minimum Gasteiger partial charge on any atom is -0.354 e. The third-order valence-corrected chi connectivity index (χ3v) is 2.88. The Labute approximate surface area is 122 Å². The van der Waals surface area contributed by atoms with Gasteiger partial charge in [-0.05, 0) is 36.4 Å². The highest BCUT2D eigenvalue weighted by Crippen LogP contribution is 2.25. The van der Waals surface area contributed by atoms with E-state index in [0.29, 0.717) is 18.2 Å². The standard InChI is InChI=1S/C10H11IN6O2/c1-3-12-10-14-6(2)8(17(18)19)9(15-10)16-5-7(11)4-13-16/h4-5H,3H2,1-2H3,(H,12,14,15). The fraction of sp³-hybridized carbons (Fsp3) is 0.300. The summed E-state index contributed by atoms with van der Waals surface area (Å²) in [6.45, 7) is 4.11. The molecule has 19 heavy (non-hydrogen) atoms. The molecule has 0 saturated heterocycles. The second-order valence-corrected chi connectivity index (χ2v) is 4.94. The van der Waals surface area contributed by atoms with E-state index in [9.17, 15) is 10.1 Å². The molecule has 100 valence electrons. The predicted molar refractivity (Wildman–Crippen MR) is 77.4 cm³/mol. The first-order chi connectivity index (χ1) is 9.02. The van der Waals surface area contributed by atoms with Crippen molar-refractivity contribution in [2.45, 2.75) is 13.8 Å². The van der Waals surface area contributed by atoms with E-state index < -0.39 is 4.92 Å². The molecule has 0 bridgehead atoms. The molecule has 2 heterocycles. The topological polar surface area (TPSA) is 98.8 Å². The Morgan fingerprint density at radius 2 is 2.26 bits per heavy atom. The van der Waals surface area contributed by atoms with Crippen LogP contribution in [0.4, 0.5) is 11.6 Å². The lowest BCUT2D eigenvalue weighted by atomic mass is 10.3. The molecule has 2 rings (SSSR count). The van der Waals surface area contributed by atoms with Crippen molar-refractivity contribution in [2.75, 3.05) is 11.9 Å². The third kappa shape index (κ3) is 2.80. The molecule has 0 atom stereocenters. The zero-order chi connectivity index (χ0) is 14.0. The van der Waals surface area contributed by atoms with E-state index in [1.165, 1.54) is 4.68 Å². The number of hydrogen-bond acceptors (Lipinski definition) is 6. The van der Waals surface area contributed by atoms with Crippen LogP contribution in [0.1, 0.15) is 12.6 Å². The van der Waals surface area contributed by atoms with Gasteiger partial charge in [0.05, 0.1) is 14.7 Å². The van der Waals surface area contributed by atoms with E-state index in [1.54, 1.807) is 19.3 Å². The fourth-order valence-electron chi connectivity index (χ4n) is 1.58. The van der Waals surface area contributed by atoms with Gasteiger partial charge < -0.3 is 5.32 Å². The molecule has 8 nitrogen and oxygen atoms in total. The molecule has 0 aliphatic rings. The molecular weight excluding hydrogens is 363 g/mol. The lowest BCUT2D eigenvalue weighted by Crippen LogP contribution is -2.11. The maximum absolute atomic E-state index is 11.2. The van der Waals surface area contributed by atoms with Crippen LogP contribution in [0.25, 0.3) is 5.82 Å². The highest BCUT2D eigenvalue weighted by Gasteiger charge is 2.24. The molecule has 9 heteroatoms. The fourth-order valence-corrected chi connectivity index (χ4v) is 1.97. The summed E-state index contributed by atoms with van der Waals surface area (Å²) in [6, 6.07) is 0. The van der Waals surface area contributed by atoms with Crippen LogP contribution >= 0.6 is 22.6 Å². The zero-order valence-electron chi connectivity index (χ0n) is 10.3. The summed E-state index contributed by atoms with van der Waals surface area (Å²) in [5, 5.41) is 18.2. The number of hydrogen-bond donors (Lipinski definition) is 1. The molecule has 0 aromatic carbocycles. The Morgan fingerprint density at radius 1 is 1.53 bits per heavy atom. The van der Waals surface area contributed by atoms with Crippen molar-refractivity contribution in [2.24, 2.45) is 0 Å². The van der Waals surface area contributed by atoms with Crippen molar-refractivity contribution in [3.8, 4) is 5.82 Å². The van der Waals surface area contributed by atoms with E-state index in [0.717, 1.165) is 3.57 Å². The van der Waals surface area contributed by atoms with Crippen molar-refractivity contribution >= 4 is 34.2 Å². The molecule has 0 radical (unpaired) electrons. The van der Waals surface area contributed by atoms with E-state index in [1.807, 2.05) is 6.92 Å². The highest BCUT2D eigenvalue weighted by atomic mass is 127. The maximum Gasteiger partial charge on any atom is 0.334 e. The summed E-state index contributed by atoms with van der Waals surface area (Å²) in [6.07, 6.45) is 3.28. The zero-order valence-corrected chi connectivity index (χ0v) is 12.4. The second kappa shape index (κ2) is 5.47. The quantitative estimate of drug-likeness (QED) is 0.499. The second-order valence-electron chi connectivity index (χ2n) is 3.70. The Kier molecular flexibility index (Phi) is 3.93. The normalized spacial score (nSPS) is 10.5. The van der Waals surface area contributed by atoms with Crippen molar-refractivity contribution in [3.63, 3.8) is 0 Å². The lowest BCUT2D eigenvalue weighted by molar-refractivity contribution is -0.385. The Bertz CT molecular complexity index is 626. The van der Waals surface area contributed by atoms with Gasteiger partial charge in [0.25, 0.3) is 0 Å². The number of nitro groups is 1. The van der Waals surface area contributed by atoms with Gasteiger partial charge in [-0.1, -0.05) is 0 Å². The molecule has 0 amide bonds. The summed E-state index contributed by atoms with van der Waals surface area (Å²) in [7, 11) is 0. The van der Waals surface area contributed by atoms with Crippen molar-refractivity contribution in [1.29, 1.82) is 0 Å². The van der Waals surface area contributed by atoms with Crippen LogP contribution in [0, 0.1) is 20.6 Å². The van der Waals surface area contributed by atoms with Crippen LogP contribution in [-0.4, -0.2) is 31.2 Å². The number of halogens is 1. The molecule has 0 spiro atoms. The van der Waals surface area contributed by atoms with Gasteiger partial charge in [-0.2, -0.15) is 10.1 Å². The molecule has 0 saturated carbocycles. The van der Waals surface area contributed by atoms with Crippen molar-refractivity contribution in [1.82, 2.24) is 19.7 Å². The largest absolute Gasteiger partial charge is 0.354 e. The predicted octanol–water partition coefficient (Wildman–Crippen LogP) is 1.92. The van der Waals surface area contributed by atoms with Gasteiger partial charge in [-0.3, -0.25) is 10.1 Å². The number of nitrogens with one attached hydrogen (secondary N) is 1. The number of rotatable bonds is 4. The van der Waals surface area contributed by atoms with Gasteiger partial charge in [0.2, 0.25) is 11.8 Å². The number of aryl methyl sites for hydroxylation is 1. The Morgan fingerprint density at radius 3 is 2.79 bits per heavy atom. The van der Waals surface area contributed by atoms with Crippen LogP contribution in [0.2, 0.25) is 0 Å². The van der Waals surface area contributed by atoms with Crippen molar-refractivity contribution < 1.29 is 4.92 Å². The summed E-state index contributed by atoms with van der Waals surface area (Å²) in [5.41, 5.74) is 0.164. The summed E-state index contributed by atoms with van der Waals surface area (Å²) < 4.78 is 2.25. The summed E-state index contributed by atoms with van der Waals surface area (Å²) in [4.78, 5) is 18.9. The highest BCUT2D eigenvalue weighted by molar-refractivity contribution is 14.1. The SMILES string of the molecule is CCNc1nc(C)c([N+](=O)[O-])c(-n2cc(I)cn2)n1. The molecule has 0 unspecified atom stereocenters. The Balaban J connectivity index is 2.64. The first-order valence-corrected chi connectivity index (χ1v) is 6.58. The average molecular weight is 374 g/mol. The van der Waals surface area contributed by atoms with Crippen LogP contribution in [0.15, 0.2) is 12.4 Å². The van der Waals surface area contributed by atoms with Gasteiger partial charge in [0, 0.05) is 12.7 Å². The van der Waals surface area contributed by atoms with Crippen LogP contribution < -0.4 is 5.32 Å². The number of nitrogens with zero attached hydrogens (tertiary/aromatic N) is 5. The van der Waals surface area contributed by atoms with Gasteiger partial charge in [0.1, 0.15) is 5.69 Å². The van der Waals surface area contributed by atoms with E-state index in [-0.39, 0.29) is 11.5 Å². The van der Waals surface area contributed by atoms with E-state index in [2.05, 4.69) is 43.0 Å². The molecule has 2 aromatic heterocycles. The van der Waals surface area contributed by atoms with Crippen LogP contribution in [0.5, 0.6) is 0 Å². The van der Waals surface area contributed by atoms with Gasteiger partial charge in [-0.15, -0.1) is 0 Å². The van der Waals surface area contributed by atoms with Gasteiger partial charge >= 0.3 is 5.69 Å². The number of aromatic nitrogens is 4. The smallest absolute Gasteiger partial charge is 0.334 e. The molecular formula is C10H11IN6O2. The van der Waals surface area contributed by atoms with Crippen LogP contribution in [0.3, 0.4) is 0 Å². The minimum absolute atomic E-state index is 0.138. The third-order valence-electron chi connectivity index (χ3n) is 2.33. The Hall–Kier alpha value is -1.78. The average Bonchev–Trinajstić information content (AvgIpc) is 2.75. The lowest BCUT2D eigenvalue weighted by Gasteiger charge is -2.07. The van der Waals surface area contributed by atoms with Gasteiger partial charge in [0.15, 0.2) is 0 Å². The first kappa shape index (κ1) is 13.6. The number of anilines is 1. The van der Waals surface area contributed by atoms with E-state index in [4.69, 9.17) is 0 Å². The molecule has 1 N–H and O–H groups in total. The van der Waals surface area contributed by atoms with E-state index >= 15 is 0 Å². The summed E-state index contributed by atoms with van der Waals surface area (Å²) >= 11 is 2.08. The first-order valence-electron chi connectivity index (χ1n) is 5.50. The monoisotopic (exact) mass is 374 g/mol. The molecule has 0 aliphatic heterocycles. The molecule has 0 fully saturated rings. The van der Waals surface area contributed by atoms with Crippen LogP contribution in [-0.2, 0) is 0 Å². The molecule has 0 aliphatic carbocycles. The molecule has 2 aromatic rings. The summed E-state index contributed by atoms with van der Waals surface area (Å²) in [5.74, 6) is 0.516. The van der Waals surface area contributed by atoms with Gasteiger partial charge in [-0.25, -0.2) is 9.67 Å². The minimum atomic E-state index is -0.491. The van der Waals surface area contributed by atoms with Crippen molar-refractivity contribution in [3.05, 3.63) is 31.8 Å². The maximum atomic E-state index is 11.2.